The normalized spacial score (nSPS) is 14.0. The van der Waals surface area contributed by atoms with Gasteiger partial charge in [0.25, 0.3) is 0 Å². The summed E-state index contributed by atoms with van der Waals surface area (Å²) in [4.78, 5) is 8.58. The summed E-state index contributed by atoms with van der Waals surface area (Å²) in [6, 6.07) is 8.81. The van der Waals surface area contributed by atoms with Gasteiger partial charge in [-0.3, -0.25) is 4.68 Å². The minimum Gasteiger partial charge on any atom is -0.373 e. The summed E-state index contributed by atoms with van der Waals surface area (Å²) in [7, 11) is 0. The number of aromatic nitrogens is 3. The molecule has 0 atom stereocenters. The molecule has 152 valence electrons. The van der Waals surface area contributed by atoms with Gasteiger partial charge in [-0.2, -0.15) is 5.10 Å². The Morgan fingerprint density at radius 2 is 1.90 bits per heavy atom. The maximum absolute atomic E-state index is 4.94. The molecule has 0 aliphatic carbocycles. The lowest BCUT2D eigenvalue weighted by Crippen LogP contribution is -2.28. The van der Waals surface area contributed by atoms with Gasteiger partial charge < -0.3 is 4.90 Å². The Hall–Kier alpha value is -2.40. The fraction of sp³-hybridized carbons (Fsp3) is 0.417. The van der Waals surface area contributed by atoms with Crippen LogP contribution in [0.3, 0.4) is 0 Å². The van der Waals surface area contributed by atoms with Crippen LogP contribution in [0.5, 0.6) is 0 Å². The van der Waals surface area contributed by atoms with Gasteiger partial charge in [0.1, 0.15) is 0 Å². The number of aryl methyl sites for hydroxylation is 4. The van der Waals surface area contributed by atoms with E-state index < -0.39 is 0 Å². The number of rotatable bonds is 5. The molecule has 1 aliphatic rings. The molecule has 1 aromatic carbocycles. The van der Waals surface area contributed by atoms with Crippen molar-refractivity contribution in [3.63, 3.8) is 0 Å². The molecular formula is C24H30N4S. The molecule has 0 unspecified atom stereocenters. The molecular weight excluding hydrogens is 376 g/mol. The molecule has 1 aliphatic heterocycles. The highest BCUT2D eigenvalue weighted by atomic mass is 32.1. The summed E-state index contributed by atoms with van der Waals surface area (Å²) in [6.45, 7) is 15.8. The van der Waals surface area contributed by atoms with Gasteiger partial charge in [0.2, 0.25) is 0 Å². The van der Waals surface area contributed by atoms with Crippen LogP contribution >= 0.6 is 11.3 Å². The minimum absolute atomic E-state index is 0.744. The second-order valence-electron chi connectivity index (χ2n) is 7.99. The average Bonchev–Trinajstić information content (AvgIpc) is 3.20. The number of thiazole rings is 1. The molecule has 2 aromatic heterocycles. The standard InChI is InChI=1S/C24H30N4S/c1-6-21-14-23(20-8-7-16(2)17(3)13-20)26-28(21)15-18(4)27-11-9-22-24(10-12-27)29-19(5)25-22/h7-8,13-14H,4,6,9-12,15H2,1-3,5H3. The first-order chi connectivity index (χ1) is 13.9. The third-order valence-electron chi connectivity index (χ3n) is 5.92. The van der Waals surface area contributed by atoms with Crippen molar-refractivity contribution >= 4 is 11.3 Å². The zero-order chi connectivity index (χ0) is 20.5. The van der Waals surface area contributed by atoms with E-state index in [-0.39, 0.29) is 0 Å². The fourth-order valence-corrected chi connectivity index (χ4v) is 4.97. The molecule has 0 saturated carbocycles. The molecule has 0 N–H and O–H groups in total. The minimum atomic E-state index is 0.744. The van der Waals surface area contributed by atoms with E-state index in [9.17, 15) is 0 Å². The molecule has 0 spiro atoms. The Morgan fingerprint density at radius 1 is 1.10 bits per heavy atom. The Balaban J connectivity index is 1.50. The van der Waals surface area contributed by atoms with E-state index in [1.807, 2.05) is 11.3 Å². The molecule has 4 nitrogen and oxygen atoms in total. The Labute approximate surface area is 177 Å². The van der Waals surface area contributed by atoms with Crippen molar-refractivity contribution in [1.82, 2.24) is 19.7 Å². The van der Waals surface area contributed by atoms with Gasteiger partial charge in [-0.1, -0.05) is 25.6 Å². The van der Waals surface area contributed by atoms with Crippen molar-refractivity contribution in [2.45, 2.75) is 53.5 Å². The van der Waals surface area contributed by atoms with Crippen molar-refractivity contribution in [3.05, 3.63) is 68.9 Å². The lowest BCUT2D eigenvalue weighted by molar-refractivity contribution is 0.337. The van der Waals surface area contributed by atoms with Crippen LogP contribution in [-0.2, 0) is 25.8 Å². The number of hydrogen-bond donors (Lipinski definition) is 0. The van der Waals surface area contributed by atoms with Gasteiger partial charge in [-0.05, 0) is 50.5 Å². The summed E-state index contributed by atoms with van der Waals surface area (Å²) in [5.41, 5.74) is 8.54. The monoisotopic (exact) mass is 406 g/mol. The van der Waals surface area contributed by atoms with E-state index in [0.29, 0.717) is 0 Å². The summed E-state index contributed by atoms with van der Waals surface area (Å²) < 4.78 is 2.13. The first-order valence-electron chi connectivity index (χ1n) is 10.5. The average molecular weight is 407 g/mol. The molecule has 5 heteroatoms. The summed E-state index contributed by atoms with van der Waals surface area (Å²) in [5, 5.41) is 6.13. The van der Waals surface area contributed by atoms with Crippen LogP contribution in [0, 0.1) is 20.8 Å². The van der Waals surface area contributed by atoms with Crippen LogP contribution in [0.2, 0.25) is 0 Å². The van der Waals surface area contributed by atoms with Gasteiger partial charge in [0.05, 0.1) is 22.9 Å². The predicted octanol–water partition coefficient (Wildman–Crippen LogP) is 5.11. The summed E-state index contributed by atoms with van der Waals surface area (Å²) in [6.07, 6.45) is 3.03. The quantitative estimate of drug-likeness (QED) is 0.590. The number of fused-ring (bicyclic) bond motifs is 1. The Kier molecular flexibility index (Phi) is 5.59. The zero-order valence-corrected chi connectivity index (χ0v) is 18.8. The van der Waals surface area contributed by atoms with E-state index in [2.05, 4.69) is 68.1 Å². The number of nitrogens with zero attached hydrogens (tertiary/aromatic N) is 4. The smallest absolute Gasteiger partial charge is 0.0926 e. The Morgan fingerprint density at radius 3 is 2.66 bits per heavy atom. The molecule has 29 heavy (non-hydrogen) atoms. The Bertz CT molecular complexity index is 1020. The summed E-state index contributed by atoms with van der Waals surface area (Å²) >= 11 is 1.85. The molecule has 0 saturated heterocycles. The third kappa shape index (κ3) is 4.15. The predicted molar refractivity (Wildman–Crippen MR) is 121 cm³/mol. The van der Waals surface area contributed by atoms with Gasteiger partial charge in [0.15, 0.2) is 0 Å². The van der Waals surface area contributed by atoms with Gasteiger partial charge in [-0.25, -0.2) is 4.98 Å². The van der Waals surface area contributed by atoms with E-state index in [1.165, 1.54) is 38.0 Å². The topological polar surface area (TPSA) is 34.0 Å². The molecule has 0 bridgehead atoms. The van der Waals surface area contributed by atoms with Crippen molar-refractivity contribution in [2.75, 3.05) is 13.1 Å². The number of hydrogen-bond acceptors (Lipinski definition) is 4. The second kappa shape index (κ2) is 8.15. The second-order valence-corrected chi connectivity index (χ2v) is 9.27. The van der Waals surface area contributed by atoms with E-state index in [4.69, 9.17) is 10.1 Å². The van der Waals surface area contributed by atoms with Crippen LogP contribution < -0.4 is 0 Å². The highest BCUT2D eigenvalue weighted by molar-refractivity contribution is 7.11. The van der Waals surface area contributed by atoms with Gasteiger partial charge in [-0.15, -0.1) is 11.3 Å². The highest BCUT2D eigenvalue weighted by Gasteiger charge is 2.19. The first kappa shape index (κ1) is 19.9. The lowest BCUT2D eigenvalue weighted by atomic mass is 10.0. The molecule has 3 aromatic rings. The van der Waals surface area contributed by atoms with Crippen LogP contribution in [0.1, 0.15) is 39.3 Å². The largest absolute Gasteiger partial charge is 0.373 e. The number of allylic oxidation sites excluding steroid dienone is 1. The molecule has 4 rings (SSSR count). The first-order valence-corrected chi connectivity index (χ1v) is 11.3. The van der Waals surface area contributed by atoms with Crippen LogP contribution in [0.4, 0.5) is 0 Å². The molecule has 0 radical (unpaired) electrons. The van der Waals surface area contributed by atoms with E-state index >= 15 is 0 Å². The molecule has 0 fully saturated rings. The zero-order valence-electron chi connectivity index (χ0n) is 18.0. The van der Waals surface area contributed by atoms with Crippen molar-refractivity contribution in [1.29, 1.82) is 0 Å². The maximum atomic E-state index is 4.94. The third-order valence-corrected chi connectivity index (χ3v) is 6.99. The van der Waals surface area contributed by atoms with Crippen molar-refractivity contribution in [3.8, 4) is 11.3 Å². The van der Waals surface area contributed by atoms with Gasteiger partial charge in [0, 0.05) is 47.8 Å². The molecule has 3 heterocycles. The van der Waals surface area contributed by atoms with Crippen molar-refractivity contribution in [2.24, 2.45) is 0 Å². The fourth-order valence-electron chi connectivity index (χ4n) is 4.00. The van der Waals surface area contributed by atoms with Crippen LogP contribution in [-0.4, -0.2) is 32.8 Å². The van der Waals surface area contributed by atoms with Crippen molar-refractivity contribution < 1.29 is 0 Å². The number of benzene rings is 1. The lowest BCUT2D eigenvalue weighted by Gasteiger charge is -2.25. The SMILES string of the molecule is C=C(Cn1nc(-c2ccc(C)c(C)c2)cc1CC)N1CCc2nc(C)sc2CC1. The maximum Gasteiger partial charge on any atom is 0.0926 e. The van der Waals surface area contributed by atoms with Crippen LogP contribution in [0.25, 0.3) is 11.3 Å². The molecule has 0 amide bonds. The van der Waals surface area contributed by atoms with Crippen LogP contribution in [0.15, 0.2) is 36.5 Å². The van der Waals surface area contributed by atoms with Gasteiger partial charge >= 0.3 is 0 Å². The van der Waals surface area contributed by atoms with E-state index in [0.717, 1.165) is 50.3 Å². The highest BCUT2D eigenvalue weighted by Crippen LogP contribution is 2.25. The van der Waals surface area contributed by atoms with E-state index in [1.54, 1.807) is 0 Å². The summed E-state index contributed by atoms with van der Waals surface area (Å²) in [5.74, 6) is 0.